The van der Waals surface area contributed by atoms with Gasteiger partial charge >= 0.3 is 0 Å². The fourth-order valence-electron chi connectivity index (χ4n) is 4.11. The average Bonchev–Trinajstić information content (AvgIpc) is 3.13. The van der Waals surface area contributed by atoms with E-state index >= 15 is 0 Å². The van der Waals surface area contributed by atoms with Crippen LogP contribution < -0.4 is 21.1 Å². The van der Waals surface area contributed by atoms with Crippen LogP contribution in [-0.2, 0) is 13.1 Å². The second-order valence-electron chi connectivity index (χ2n) is 7.92. The monoisotopic (exact) mass is 443 g/mol. The summed E-state index contributed by atoms with van der Waals surface area (Å²) in [6, 6.07) is 16.4. The van der Waals surface area contributed by atoms with Crippen molar-refractivity contribution in [2.75, 3.05) is 31.2 Å². The van der Waals surface area contributed by atoms with E-state index in [1.165, 1.54) is 0 Å². The van der Waals surface area contributed by atoms with E-state index in [9.17, 15) is 0 Å². The van der Waals surface area contributed by atoms with Gasteiger partial charge in [-0.25, -0.2) is 4.98 Å². The number of unbranched alkanes of at least 4 members (excludes halogenated alkanes) is 1. The van der Waals surface area contributed by atoms with Crippen LogP contribution in [0.3, 0.4) is 0 Å². The molecule has 8 nitrogen and oxygen atoms in total. The first-order valence-corrected chi connectivity index (χ1v) is 11.2. The van der Waals surface area contributed by atoms with E-state index in [0.717, 1.165) is 64.0 Å². The minimum atomic E-state index is 0.257. The number of benzene rings is 2. The molecule has 0 saturated carbocycles. The Hall–Kier alpha value is -3.83. The molecule has 2 heterocycles. The van der Waals surface area contributed by atoms with Crippen molar-refractivity contribution in [3.8, 4) is 11.8 Å². The lowest BCUT2D eigenvalue weighted by Crippen LogP contribution is -2.13. The van der Waals surface area contributed by atoms with Gasteiger partial charge < -0.3 is 25.7 Å². The lowest BCUT2D eigenvalue weighted by atomic mass is 10.1. The smallest absolute Gasteiger partial charge is 0.222 e. The predicted molar refractivity (Wildman–Crippen MR) is 132 cm³/mol. The van der Waals surface area contributed by atoms with Crippen LogP contribution >= 0.6 is 0 Å². The number of para-hydroxylation sites is 1. The van der Waals surface area contributed by atoms with Gasteiger partial charge in [-0.1, -0.05) is 37.6 Å². The third-order valence-corrected chi connectivity index (χ3v) is 5.65. The molecule has 33 heavy (non-hydrogen) atoms. The molecular formula is C25H29N7O. The first-order valence-electron chi connectivity index (χ1n) is 11.2. The zero-order valence-corrected chi connectivity index (χ0v) is 19.1. The highest BCUT2D eigenvalue weighted by Crippen LogP contribution is 2.34. The van der Waals surface area contributed by atoms with E-state index in [1.807, 2.05) is 24.3 Å². The van der Waals surface area contributed by atoms with Crippen molar-refractivity contribution in [3.05, 3.63) is 53.6 Å². The first-order chi connectivity index (χ1) is 16.2. The molecule has 0 saturated heterocycles. The van der Waals surface area contributed by atoms with Crippen LogP contribution in [0.15, 0.2) is 42.5 Å². The summed E-state index contributed by atoms with van der Waals surface area (Å²) < 4.78 is 7.90. The molecular weight excluding hydrogens is 414 g/mol. The second-order valence-corrected chi connectivity index (χ2v) is 7.92. The number of methoxy groups -OCH3 is 1. The number of nitriles is 1. The van der Waals surface area contributed by atoms with Crippen LogP contribution in [0.5, 0.6) is 5.75 Å². The second kappa shape index (κ2) is 10.2. The Morgan fingerprint density at radius 1 is 1.18 bits per heavy atom. The molecule has 8 heteroatoms. The van der Waals surface area contributed by atoms with Crippen LogP contribution in [0.4, 0.5) is 11.8 Å². The predicted octanol–water partition coefficient (Wildman–Crippen LogP) is 4.05. The van der Waals surface area contributed by atoms with Gasteiger partial charge in [0, 0.05) is 24.0 Å². The maximum absolute atomic E-state index is 8.81. The summed E-state index contributed by atoms with van der Waals surface area (Å²) in [5.41, 5.74) is 11.0. The largest absolute Gasteiger partial charge is 0.496 e. The lowest BCUT2D eigenvalue weighted by molar-refractivity contribution is 0.408. The Balaban J connectivity index is 1.84. The number of nitrogens with two attached hydrogens (primary N) is 1. The quantitative estimate of drug-likeness (QED) is 0.250. The molecule has 0 bridgehead atoms. The van der Waals surface area contributed by atoms with Crippen LogP contribution in [0.1, 0.15) is 30.9 Å². The number of hydrogen-bond acceptors (Lipinski definition) is 7. The molecule has 0 aliphatic carbocycles. The molecule has 0 aliphatic heterocycles. The maximum atomic E-state index is 8.81. The minimum Gasteiger partial charge on any atom is -0.496 e. The van der Waals surface area contributed by atoms with Gasteiger partial charge in [-0.15, -0.1) is 0 Å². The van der Waals surface area contributed by atoms with Gasteiger partial charge in [-0.2, -0.15) is 10.2 Å². The summed E-state index contributed by atoms with van der Waals surface area (Å²) in [6.45, 7) is 4.47. The fourth-order valence-corrected chi connectivity index (χ4v) is 4.11. The van der Waals surface area contributed by atoms with Gasteiger partial charge in [0.15, 0.2) is 5.82 Å². The van der Waals surface area contributed by atoms with Crippen molar-refractivity contribution in [1.82, 2.24) is 19.9 Å². The number of aromatic nitrogens is 3. The number of rotatable bonds is 10. The topological polar surface area (TPSA) is 114 Å². The average molecular weight is 444 g/mol. The van der Waals surface area contributed by atoms with E-state index in [2.05, 4.69) is 56.4 Å². The number of anilines is 2. The number of hydrogen-bond donors (Lipinski definition) is 3. The van der Waals surface area contributed by atoms with Crippen LogP contribution in [0, 0.1) is 11.3 Å². The van der Waals surface area contributed by atoms with E-state index in [-0.39, 0.29) is 5.95 Å². The number of nitrogens with one attached hydrogen (secondary N) is 2. The zero-order valence-electron chi connectivity index (χ0n) is 19.1. The summed E-state index contributed by atoms with van der Waals surface area (Å²) in [5.74, 6) is 1.81. The molecule has 0 radical (unpaired) electrons. The Labute approximate surface area is 193 Å². The molecule has 170 valence electrons. The highest BCUT2D eigenvalue weighted by atomic mass is 16.5. The number of nitrogens with zero attached hydrogens (tertiary/aromatic N) is 4. The van der Waals surface area contributed by atoms with Crippen molar-refractivity contribution < 1.29 is 4.74 Å². The third kappa shape index (κ3) is 4.69. The number of fused-ring (bicyclic) bond motifs is 3. The van der Waals surface area contributed by atoms with E-state index in [4.69, 9.17) is 15.7 Å². The Morgan fingerprint density at radius 2 is 2.03 bits per heavy atom. The summed E-state index contributed by atoms with van der Waals surface area (Å²) >= 11 is 0. The first kappa shape index (κ1) is 22.4. The van der Waals surface area contributed by atoms with E-state index < -0.39 is 0 Å². The Morgan fingerprint density at radius 3 is 2.82 bits per heavy atom. The van der Waals surface area contributed by atoms with Crippen LogP contribution in [0.2, 0.25) is 0 Å². The van der Waals surface area contributed by atoms with Gasteiger partial charge in [0.05, 0.1) is 31.8 Å². The summed E-state index contributed by atoms with van der Waals surface area (Å²) in [7, 11) is 1.68. The summed E-state index contributed by atoms with van der Waals surface area (Å²) in [4.78, 5) is 9.14. The molecule has 2 aromatic heterocycles. The summed E-state index contributed by atoms with van der Waals surface area (Å²) in [5, 5.41) is 16.4. The van der Waals surface area contributed by atoms with E-state index in [0.29, 0.717) is 19.6 Å². The van der Waals surface area contributed by atoms with Crippen LogP contribution in [-0.4, -0.2) is 34.7 Å². The van der Waals surface area contributed by atoms with Crippen molar-refractivity contribution in [2.45, 2.75) is 32.9 Å². The fraction of sp³-hybridized carbons (Fsp3) is 0.320. The van der Waals surface area contributed by atoms with Gasteiger partial charge in [0.25, 0.3) is 0 Å². The molecule has 0 spiro atoms. The number of nitrogen functional groups attached to an aromatic ring is 1. The van der Waals surface area contributed by atoms with Crippen LogP contribution in [0.25, 0.3) is 21.9 Å². The van der Waals surface area contributed by atoms with Crippen molar-refractivity contribution in [2.24, 2.45) is 0 Å². The third-order valence-electron chi connectivity index (χ3n) is 5.65. The van der Waals surface area contributed by atoms with Crippen molar-refractivity contribution in [1.29, 1.82) is 5.26 Å². The highest BCUT2D eigenvalue weighted by Gasteiger charge is 2.19. The minimum absolute atomic E-state index is 0.257. The van der Waals surface area contributed by atoms with Gasteiger partial charge in [-0.05, 0) is 30.2 Å². The molecule has 4 N–H and O–H groups in total. The standard InChI is InChI=1S/C25H29N7O/c1-3-4-12-29-24-23-22(30-25(27)31-24)19-7-5-6-8-20(19)32(23)16-18-14-17(15-28-13-11-26)9-10-21(18)33-2/h5-10,14,28H,3-4,12-13,15-16H2,1-2H3,(H3,27,29,30,31). The molecule has 0 atom stereocenters. The highest BCUT2D eigenvalue weighted by molar-refractivity contribution is 6.09. The Kier molecular flexibility index (Phi) is 6.91. The summed E-state index contributed by atoms with van der Waals surface area (Å²) in [6.07, 6.45) is 2.13. The molecule has 0 fully saturated rings. The van der Waals surface area contributed by atoms with Gasteiger partial charge in [-0.3, -0.25) is 0 Å². The van der Waals surface area contributed by atoms with E-state index in [1.54, 1.807) is 7.11 Å². The van der Waals surface area contributed by atoms with Gasteiger partial charge in [0.1, 0.15) is 16.8 Å². The molecule has 0 aliphatic rings. The zero-order chi connectivity index (χ0) is 23.2. The molecule has 2 aromatic carbocycles. The molecule has 4 rings (SSSR count). The van der Waals surface area contributed by atoms with Crippen molar-refractivity contribution in [3.63, 3.8) is 0 Å². The Bertz CT molecular complexity index is 1310. The molecule has 0 unspecified atom stereocenters. The SMILES string of the molecule is CCCCNc1nc(N)nc2c3ccccc3n(Cc3cc(CNCC#N)ccc3OC)c12. The lowest BCUT2D eigenvalue weighted by Gasteiger charge is -2.15. The molecule has 0 amide bonds. The van der Waals surface area contributed by atoms with Gasteiger partial charge in [0.2, 0.25) is 5.95 Å². The molecule has 4 aromatic rings. The normalized spacial score (nSPS) is 11.1. The number of ether oxygens (including phenoxy) is 1. The maximum Gasteiger partial charge on any atom is 0.222 e. The van der Waals surface area contributed by atoms with Crippen molar-refractivity contribution >= 4 is 33.7 Å².